The van der Waals surface area contributed by atoms with Gasteiger partial charge in [0.1, 0.15) is 11.5 Å². The third-order valence-corrected chi connectivity index (χ3v) is 2.75. The Morgan fingerprint density at radius 2 is 2.00 bits per heavy atom. The molecule has 0 amide bonds. The number of carbonyl (C=O) groups excluding carboxylic acids is 2. The average Bonchev–Trinajstić information content (AvgIpc) is 2.69. The Bertz CT molecular complexity index is 630. The maximum Gasteiger partial charge on any atom is 0.190 e. The summed E-state index contributed by atoms with van der Waals surface area (Å²) in [5.41, 5.74) is 1.14. The Morgan fingerprint density at radius 1 is 1.26 bits per heavy atom. The molecule has 0 aliphatic heterocycles. The summed E-state index contributed by atoms with van der Waals surface area (Å²) < 4.78 is 14.5. The predicted molar refractivity (Wildman–Crippen MR) is 65.4 cm³/mol. The van der Waals surface area contributed by atoms with E-state index in [1.165, 1.54) is 6.20 Å². The number of hydrogen-bond acceptors (Lipinski definition) is 4. The number of rotatable bonds is 4. The number of ketones is 2. The summed E-state index contributed by atoms with van der Waals surface area (Å²) in [6.07, 6.45) is 1.89. The van der Waals surface area contributed by atoms with Gasteiger partial charge in [-0.3, -0.25) is 19.3 Å². The molecule has 2 aromatic heterocycles. The fourth-order valence-corrected chi connectivity index (χ4v) is 1.60. The van der Waals surface area contributed by atoms with Crippen LogP contribution < -0.4 is 0 Å². The number of Topliss-reactive ketones (excluding diaryl/α,β-unsaturated/α-hetero) is 2. The number of halogens is 1. The van der Waals surface area contributed by atoms with Crippen molar-refractivity contribution in [2.45, 2.75) is 13.3 Å². The van der Waals surface area contributed by atoms with E-state index in [0.29, 0.717) is 0 Å². The van der Waals surface area contributed by atoms with Crippen molar-refractivity contribution in [2.75, 3.05) is 0 Å². The summed E-state index contributed by atoms with van der Waals surface area (Å²) in [5.74, 6) is -1.47. The number of hydrogen-bond donors (Lipinski definition) is 0. The highest BCUT2D eigenvalue weighted by Gasteiger charge is 2.17. The molecule has 0 atom stereocenters. The van der Waals surface area contributed by atoms with E-state index in [2.05, 4.69) is 10.1 Å². The molecule has 19 heavy (non-hydrogen) atoms. The molecule has 2 aromatic rings. The third-order valence-electron chi connectivity index (χ3n) is 2.75. The first kappa shape index (κ1) is 13.1. The lowest BCUT2D eigenvalue weighted by Gasteiger charge is -1.98. The largest absolute Gasteiger partial charge is 0.294 e. The van der Waals surface area contributed by atoms with E-state index in [9.17, 15) is 14.0 Å². The van der Waals surface area contributed by atoms with E-state index in [1.54, 1.807) is 17.8 Å². The second-order valence-corrected chi connectivity index (χ2v) is 4.21. The fourth-order valence-electron chi connectivity index (χ4n) is 1.60. The van der Waals surface area contributed by atoms with Crippen molar-refractivity contribution in [3.05, 3.63) is 47.3 Å². The lowest BCUT2D eigenvalue weighted by atomic mass is 10.1. The normalized spacial score (nSPS) is 10.5. The van der Waals surface area contributed by atoms with E-state index in [4.69, 9.17) is 0 Å². The Hall–Kier alpha value is -2.37. The molecule has 0 bridgehead atoms. The zero-order chi connectivity index (χ0) is 14.0. The van der Waals surface area contributed by atoms with Gasteiger partial charge in [0.05, 0.1) is 12.6 Å². The van der Waals surface area contributed by atoms with Crippen molar-refractivity contribution in [1.82, 2.24) is 14.8 Å². The van der Waals surface area contributed by atoms with E-state index >= 15 is 0 Å². The average molecular weight is 261 g/mol. The van der Waals surface area contributed by atoms with Crippen LogP contribution in [0.2, 0.25) is 0 Å². The van der Waals surface area contributed by atoms with Gasteiger partial charge < -0.3 is 0 Å². The molecule has 98 valence electrons. The summed E-state index contributed by atoms with van der Waals surface area (Å²) in [6.45, 7) is 1.81. The standard InChI is InChI=1S/C13H12FN3O2/c1-8-3-11(16-17(8)2)13(19)5-12(18)9-4-10(14)7-15-6-9/h3-4,6-7H,5H2,1-2H3. The van der Waals surface area contributed by atoms with Crippen LogP contribution >= 0.6 is 0 Å². The number of aryl methyl sites for hydroxylation is 2. The predicted octanol–water partition coefficient (Wildman–Crippen LogP) is 1.72. The zero-order valence-electron chi connectivity index (χ0n) is 10.6. The Balaban J connectivity index is 2.13. The highest BCUT2D eigenvalue weighted by molar-refractivity contribution is 6.12. The SMILES string of the molecule is Cc1cc(C(=O)CC(=O)c2cncc(F)c2)nn1C. The van der Waals surface area contributed by atoms with Gasteiger partial charge in [0, 0.05) is 24.5 Å². The van der Waals surface area contributed by atoms with Gasteiger partial charge in [-0.1, -0.05) is 0 Å². The molecule has 0 N–H and O–H groups in total. The molecular formula is C13H12FN3O2. The highest BCUT2D eigenvalue weighted by Crippen LogP contribution is 2.09. The van der Waals surface area contributed by atoms with Crippen molar-refractivity contribution in [2.24, 2.45) is 7.05 Å². The van der Waals surface area contributed by atoms with Gasteiger partial charge in [-0.2, -0.15) is 5.10 Å². The molecule has 0 unspecified atom stereocenters. The summed E-state index contributed by atoms with van der Waals surface area (Å²) in [6, 6.07) is 2.67. The molecule has 0 fully saturated rings. The van der Waals surface area contributed by atoms with Crippen LogP contribution in [0.3, 0.4) is 0 Å². The van der Waals surface area contributed by atoms with E-state index in [0.717, 1.165) is 18.0 Å². The lowest BCUT2D eigenvalue weighted by molar-refractivity contribution is 0.0890. The highest BCUT2D eigenvalue weighted by atomic mass is 19.1. The topological polar surface area (TPSA) is 64.8 Å². The molecule has 0 aliphatic carbocycles. The van der Waals surface area contributed by atoms with Gasteiger partial charge >= 0.3 is 0 Å². The monoisotopic (exact) mass is 261 g/mol. The lowest BCUT2D eigenvalue weighted by Crippen LogP contribution is -2.10. The number of pyridine rings is 1. The summed E-state index contributed by atoms with van der Waals surface area (Å²) in [5, 5.41) is 4.00. The van der Waals surface area contributed by atoms with Crippen LogP contribution in [0.5, 0.6) is 0 Å². The van der Waals surface area contributed by atoms with Crippen molar-refractivity contribution < 1.29 is 14.0 Å². The van der Waals surface area contributed by atoms with Gasteiger partial charge in [-0.05, 0) is 19.1 Å². The Morgan fingerprint density at radius 3 is 2.58 bits per heavy atom. The molecule has 2 rings (SSSR count). The van der Waals surface area contributed by atoms with Crippen LogP contribution in [-0.4, -0.2) is 26.3 Å². The maximum atomic E-state index is 12.9. The van der Waals surface area contributed by atoms with Gasteiger partial charge in [-0.15, -0.1) is 0 Å². The molecule has 0 aliphatic rings. The van der Waals surface area contributed by atoms with Gasteiger partial charge in [-0.25, -0.2) is 4.39 Å². The molecular weight excluding hydrogens is 249 g/mol. The molecule has 6 heteroatoms. The molecule has 0 aromatic carbocycles. The molecule has 0 saturated carbocycles. The van der Waals surface area contributed by atoms with Crippen LogP contribution in [0, 0.1) is 12.7 Å². The van der Waals surface area contributed by atoms with Crippen molar-refractivity contribution in [3.8, 4) is 0 Å². The smallest absolute Gasteiger partial charge is 0.190 e. The molecule has 0 saturated heterocycles. The summed E-state index contributed by atoms with van der Waals surface area (Å²) in [4.78, 5) is 27.3. The van der Waals surface area contributed by atoms with Crippen molar-refractivity contribution >= 4 is 11.6 Å². The first-order valence-electron chi connectivity index (χ1n) is 5.65. The van der Waals surface area contributed by atoms with E-state index in [-0.39, 0.29) is 17.7 Å². The van der Waals surface area contributed by atoms with Crippen LogP contribution in [0.25, 0.3) is 0 Å². The van der Waals surface area contributed by atoms with Crippen LogP contribution in [-0.2, 0) is 7.05 Å². The minimum absolute atomic E-state index is 0.0843. The minimum atomic E-state index is -0.605. The third kappa shape index (κ3) is 2.90. The van der Waals surface area contributed by atoms with Crippen LogP contribution in [0.1, 0.15) is 33.0 Å². The Kier molecular flexibility index (Phi) is 3.50. The van der Waals surface area contributed by atoms with Crippen LogP contribution in [0.4, 0.5) is 4.39 Å². The van der Waals surface area contributed by atoms with Crippen LogP contribution in [0.15, 0.2) is 24.5 Å². The maximum absolute atomic E-state index is 12.9. The molecule has 5 nitrogen and oxygen atoms in total. The molecule has 2 heterocycles. The summed E-state index contributed by atoms with van der Waals surface area (Å²) in [7, 11) is 1.71. The molecule has 0 spiro atoms. The molecule has 0 radical (unpaired) electrons. The second kappa shape index (κ2) is 5.09. The Labute approximate surface area is 109 Å². The first-order valence-corrected chi connectivity index (χ1v) is 5.65. The zero-order valence-corrected chi connectivity index (χ0v) is 10.6. The fraction of sp³-hybridized carbons (Fsp3) is 0.231. The van der Waals surface area contributed by atoms with Gasteiger partial charge in [0.15, 0.2) is 11.6 Å². The quantitative estimate of drug-likeness (QED) is 0.621. The number of carbonyl (C=O) groups is 2. The van der Waals surface area contributed by atoms with Gasteiger partial charge in [0.2, 0.25) is 0 Å². The second-order valence-electron chi connectivity index (χ2n) is 4.21. The van der Waals surface area contributed by atoms with E-state index in [1.807, 2.05) is 6.92 Å². The van der Waals surface area contributed by atoms with Crippen molar-refractivity contribution in [3.63, 3.8) is 0 Å². The minimum Gasteiger partial charge on any atom is -0.294 e. The number of nitrogens with zero attached hydrogens (tertiary/aromatic N) is 3. The summed E-state index contributed by atoms with van der Waals surface area (Å²) >= 11 is 0. The van der Waals surface area contributed by atoms with Crippen molar-refractivity contribution in [1.29, 1.82) is 0 Å². The van der Waals surface area contributed by atoms with Gasteiger partial charge in [0.25, 0.3) is 0 Å². The number of aromatic nitrogens is 3. The van der Waals surface area contributed by atoms with E-state index < -0.39 is 17.4 Å². The first-order chi connectivity index (χ1) is 8.97.